The summed E-state index contributed by atoms with van der Waals surface area (Å²) in [5.74, 6) is -0.377. The molecule has 0 saturated heterocycles. The molecule has 0 saturated carbocycles. The van der Waals surface area contributed by atoms with E-state index >= 15 is 0 Å². The van der Waals surface area contributed by atoms with E-state index in [0.29, 0.717) is 0 Å². The van der Waals surface area contributed by atoms with E-state index in [1.807, 2.05) is 72.9 Å². The Hall–Kier alpha value is -3.12. The van der Waals surface area contributed by atoms with E-state index in [1.165, 1.54) is 12.1 Å². The summed E-state index contributed by atoms with van der Waals surface area (Å²) in [6.07, 6.45) is -4.46. The number of benzene rings is 3. The van der Waals surface area contributed by atoms with Gasteiger partial charge in [0.25, 0.3) is 5.91 Å². The van der Waals surface area contributed by atoms with Crippen LogP contribution < -0.4 is 10.6 Å². The van der Waals surface area contributed by atoms with Crippen molar-refractivity contribution >= 4 is 11.6 Å². The van der Waals surface area contributed by atoms with Crippen LogP contribution in [0.1, 0.15) is 35.7 Å². The molecule has 3 N–H and O–H groups in total. The van der Waals surface area contributed by atoms with Crippen LogP contribution in [-0.4, -0.2) is 5.91 Å². The summed E-state index contributed by atoms with van der Waals surface area (Å²) in [5.41, 5.74) is 1.15. The third-order valence-corrected chi connectivity index (χ3v) is 4.71. The second-order valence-corrected chi connectivity index (χ2v) is 6.85. The number of nitrogens with two attached hydrogens (primary N) is 1. The summed E-state index contributed by atoms with van der Waals surface area (Å²) in [6.45, 7) is 1.99. The molecule has 3 aromatic carbocycles. The molecule has 3 nitrogen and oxygen atoms in total. The lowest BCUT2D eigenvalue weighted by molar-refractivity contribution is -0.718. The van der Waals surface area contributed by atoms with Crippen molar-refractivity contribution in [1.82, 2.24) is 0 Å². The molecule has 0 spiro atoms. The van der Waals surface area contributed by atoms with Crippen molar-refractivity contribution in [1.29, 1.82) is 0 Å². The molecule has 6 heteroatoms. The molecular formula is C23H22F3N2O+. The van der Waals surface area contributed by atoms with Crippen LogP contribution in [0.25, 0.3) is 0 Å². The number of amides is 1. The second kappa shape index (κ2) is 8.92. The molecule has 1 amide bonds. The predicted molar refractivity (Wildman–Crippen MR) is 106 cm³/mol. The molecule has 0 unspecified atom stereocenters. The van der Waals surface area contributed by atoms with Gasteiger partial charge in [0.15, 0.2) is 6.04 Å². The molecule has 0 aliphatic heterocycles. The van der Waals surface area contributed by atoms with Crippen molar-refractivity contribution < 1.29 is 23.3 Å². The summed E-state index contributed by atoms with van der Waals surface area (Å²) in [7, 11) is 0. The highest BCUT2D eigenvalue weighted by molar-refractivity contribution is 5.94. The van der Waals surface area contributed by atoms with Gasteiger partial charge < -0.3 is 10.6 Å². The summed E-state index contributed by atoms with van der Waals surface area (Å²) in [6, 6.07) is 23.0. The van der Waals surface area contributed by atoms with Crippen LogP contribution in [0.15, 0.2) is 84.9 Å². The van der Waals surface area contributed by atoms with Crippen molar-refractivity contribution in [2.24, 2.45) is 0 Å². The first-order chi connectivity index (χ1) is 13.8. The number of rotatable bonds is 6. The van der Waals surface area contributed by atoms with Crippen LogP contribution in [0.3, 0.4) is 0 Å². The Kier molecular flexibility index (Phi) is 6.34. The SMILES string of the molecule is C[C@H]([NH2+][C@@H](C(=O)Nc1cccc(C(F)(F)F)c1)c1ccccc1)c1ccccc1. The normalized spacial score (nSPS) is 13.5. The number of hydrogen-bond donors (Lipinski definition) is 2. The maximum atomic E-state index is 13.0. The van der Waals surface area contributed by atoms with Crippen LogP contribution >= 0.6 is 0 Å². The molecule has 3 rings (SSSR count). The number of halogens is 3. The molecule has 2 atom stereocenters. The lowest BCUT2D eigenvalue weighted by Crippen LogP contribution is -2.87. The second-order valence-electron chi connectivity index (χ2n) is 6.85. The first-order valence-electron chi connectivity index (χ1n) is 9.27. The van der Waals surface area contributed by atoms with Gasteiger partial charge in [-0.05, 0) is 25.1 Å². The van der Waals surface area contributed by atoms with Crippen LogP contribution in [-0.2, 0) is 11.0 Å². The number of quaternary nitrogens is 1. The number of carbonyl (C=O) groups excluding carboxylic acids is 1. The topological polar surface area (TPSA) is 45.7 Å². The Bertz CT molecular complexity index is 943. The summed E-state index contributed by atoms with van der Waals surface area (Å²) >= 11 is 0. The van der Waals surface area contributed by atoms with Gasteiger partial charge in [0.1, 0.15) is 6.04 Å². The fourth-order valence-corrected chi connectivity index (χ4v) is 3.16. The van der Waals surface area contributed by atoms with Gasteiger partial charge >= 0.3 is 6.18 Å². The Morgan fingerprint density at radius 2 is 1.45 bits per heavy atom. The van der Waals surface area contributed by atoms with Gasteiger partial charge in [-0.2, -0.15) is 13.2 Å². The highest BCUT2D eigenvalue weighted by Crippen LogP contribution is 2.30. The van der Waals surface area contributed by atoms with Gasteiger partial charge in [-0.25, -0.2) is 0 Å². The predicted octanol–water partition coefficient (Wildman–Crippen LogP) is 4.71. The molecule has 0 aliphatic rings. The number of carbonyl (C=O) groups is 1. The van der Waals surface area contributed by atoms with Gasteiger partial charge in [0.2, 0.25) is 0 Å². The van der Waals surface area contributed by atoms with E-state index in [-0.39, 0.29) is 17.6 Å². The van der Waals surface area contributed by atoms with Crippen molar-refractivity contribution in [2.75, 3.05) is 5.32 Å². The summed E-state index contributed by atoms with van der Waals surface area (Å²) in [5, 5.41) is 4.55. The number of anilines is 1. The van der Waals surface area contributed by atoms with Crippen LogP contribution in [0.2, 0.25) is 0 Å². The van der Waals surface area contributed by atoms with Gasteiger partial charge in [-0.15, -0.1) is 0 Å². The van der Waals surface area contributed by atoms with E-state index < -0.39 is 17.8 Å². The minimum Gasteiger partial charge on any atom is -0.326 e. The van der Waals surface area contributed by atoms with Crippen LogP contribution in [0.5, 0.6) is 0 Å². The van der Waals surface area contributed by atoms with Crippen molar-refractivity contribution in [3.8, 4) is 0 Å². The first-order valence-corrected chi connectivity index (χ1v) is 9.27. The molecule has 3 aromatic rings. The van der Waals surface area contributed by atoms with E-state index in [9.17, 15) is 18.0 Å². The highest BCUT2D eigenvalue weighted by atomic mass is 19.4. The fourth-order valence-electron chi connectivity index (χ4n) is 3.16. The summed E-state index contributed by atoms with van der Waals surface area (Å²) in [4.78, 5) is 13.0. The van der Waals surface area contributed by atoms with Crippen LogP contribution in [0, 0.1) is 0 Å². The molecule has 29 heavy (non-hydrogen) atoms. The maximum Gasteiger partial charge on any atom is 0.416 e. The van der Waals surface area contributed by atoms with Gasteiger partial charge in [-0.1, -0.05) is 66.7 Å². The largest absolute Gasteiger partial charge is 0.416 e. The van der Waals surface area contributed by atoms with E-state index in [4.69, 9.17) is 0 Å². The molecule has 0 fully saturated rings. The van der Waals surface area contributed by atoms with Gasteiger partial charge in [-0.3, -0.25) is 4.79 Å². The number of nitrogens with one attached hydrogen (secondary N) is 1. The Morgan fingerprint density at radius 1 is 0.862 bits per heavy atom. The molecule has 150 valence electrons. The highest BCUT2D eigenvalue weighted by Gasteiger charge is 2.31. The zero-order valence-electron chi connectivity index (χ0n) is 15.9. The zero-order chi connectivity index (χ0) is 20.9. The minimum atomic E-state index is -4.46. The lowest BCUT2D eigenvalue weighted by atomic mass is 10.0. The van der Waals surface area contributed by atoms with Gasteiger partial charge in [0.05, 0.1) is 5.56 Å². The zero-order valence-corrected chi connectivity index (χ0v) is 15.9. The van der Waals surface area contributed by atoms with Crippen molar-refractivity contribution in [3.05, 3.63) is 102 Å². The summed E-state index contributed by atoms with van der Waals surface area (Å²) < 4.78 is 38.9. The first kappa shape index (κ1) is 20.6. The molecule has 0 bridgehead atoms. The molecular weight excluding hydrogens is 377 g/mol. The smallest absolute Gasteiger partial charge is 0.326 e. The standard InChI is InChI=1S/C23H21F3N2O/c1-16(17-9-4-2-5-10-17)27-21(18-11-6-3-7-12-18)22(29)28-20-14-8-13-19(15-20)23(24,25)26/h2-16,21,27H,1H3,(H,28,29)/p+1/t16-,21+/m0/s1. The van der Waals surface area contributed by atoms with Gasteiger partial charge in [0, 0.05) is 16.8 Å². The third-order valence-electron chi connectivity index (χ3n) is 4.71. The van der Waals surface area contributed by atoms with E-state index in [1.54, 1.807) is 0 Å². The number of alkyl halides is 3. The van der Waals surface area contributed by atoms with E-state index in [0.717, 1.165) is 23.3 Å². The average Bonchev–Trinajstić information content (AvgIpc) is 2.72. The quantitative estimate of drug-likeness (QED) is 0.620. The molecule has 0 radical (unpaired) electrons. The Balaban J connectivity index is 1.84. The number of hydrogen-bond acceptors (Lipinski definition) is 1. The maximum absolute atomic E-state index is 13.0. The Labute approximate surface area is 167 Å². The monoisotopic (exact) mass is 399 g/mol. The average molecular weight is 399 g/mol. The lowest BCUT2D eigenvalue weighted by Gasteiger charge is -2.20. The fraction of sp³-hybridized carbons (Fsp3) is 0.174. The van der Waals surface area contributed by atoms with Crippen molar-refractivity contribution in [3.63, 3.8) is 0 Å². The van der Waals surface area contributed by atoms with E-state index in [2.05, 4.69) is 5.32 Å². The molecule has 0 aliphatic carbocycles. The Morgan fingerprint density at radius 3 is 2.03 bits per heavy atom. The molecule has 0 heterocycles. The van der Waals surface area contributed by atoms with Crippen molar-refractivity contribution in [2.45, 2.75) is 25.2 Å². The molecule has 0 aromatic heterocycles. The van der Waals surface area contributed by atoms with Crippen LogP contribution in [0.4, 0.5) is 18.9 Å². The third kappa shape index (κ3) is 5.45. The minimum absolute atomic E-state index is 0.0198.